The van der Waals surface area contributed by atoms with Gasteiger partial charge in [-0.1, -0.05) is 30.3 Å². The zero-order valence-electron chi connectivity index (χ0n) is 14.1. The summed E-state index contributed by atoms with van der Waals surface area (Å²) in [4.78, 5) is 18.9. The molecule has 2 aromatic rings. The van der Waals surface area contributed by atoms with Gasteiger partial charge in [0.2, 0.25) is 5.91 Å². The second-order valence-electron chi connectivity index (χ2n) is 6.93. The molecule has 5 heteroatoms. The summed E-state index contributed by atoms with van der Waals surface area (Å²) in [5.74, 6) is 0.671. The molecule has 4 rings (SSSR count). The maximum absolute atomic E-state index is 12.4. The van der Waals surface area contributed by atoms with Gasteiger partial charge in [0.05, 0.1) is 6.10 Å². The number of aromatic nitrogens is 1. The molecule has 1 aromatic heterocycles. The zero-order valence-corrected chi connectivity index (χ0v) is 14.1. The molecule has 2 N–H and O–H groups in total. The van der Waals surface area contributed by atoms with E-state index >= 15 is 0 Å². The van der Waals surface area contributed by atoms with Crippen LogP contribution in [0, 0.1) is 5.92 Å². The highest BCUT2D eigenvalue weighted by atomic mass is 16.3. The predicted octanol–water partition coefficient (Wildman–Crippen LogP) is 2.39. The number of amides is 1. The summed E-state index contributed by atoms with van der Waals surface area (Å²) in [6.45, 7) is 1.69. The fourth-order valence-corrected chi connectivity index (χ4v) is 4.04. The van der Waals surface area contributed by atoms with E-state index in [-0.39, 0.29) is 17.9 Å². The number of anilines is 1. The second-order valence-corrected chi connectivity index (χ2v) is 6.93. The number of nitrogens with zero attached hydrogens (tertiary/aromatic N) is 2. The molecular formula is C20H23N3O2. The van der Waals surface area contributed by atoms with Gasteiger partial charge in [0.15, 0.2) is 0 Å². The lowest BCUT2D eigenvalue weighted by Crippen LogP contribution is -2.45. The van der Waals surface area contributed by atoms with Gasteiger partial charge in [-0.15, -0.1) is 0 Å². The summed E-state index contributed by atoms with van der Waals surface area (Å²) in [5.41, 5.74) is 2.30. The smallest absolute Gasteiger partial charge is 0.228 e. The largest absolute Gasteiger partial charge is 0.387 e. The normalized spacial score (nSPS) is 24.0. The van der Waals surface area contributed by atoms with Gasteiger partial charge >= 0.3 is 0 Å². The Morgan fingerprint density at radius 1 is 1.12 bits per heavy atom. The van der Waals surface area contributed by atoms with Crippen LogP contribution in [0.5, 0.6) is 0 Å². The van der Waals surface area contributed by atoms with Crippen LogP contribution in [-0.2, 0) is 11.2 Å². The summed E-state index contributed by atoms with van der Waals surface area (Å²) in [5, 5.41) is 13.5. The van der Waals surface area contributed by atoms with E-state index in [1.54, 1.807) is 12.3 Å². The number of benzene rings is 1. The first-order chi connectivity index (χ1) is 12.2. The van der Waals surface area contributed by atoms with E-state index in [1.165, 1.54) is 5.56 Å². The number of hydrogen-bond acceptors (Lipinski definition) is 4. The van der Waals surface area contributed by atoms with E-state index in [2.05, 4.69) is 21.3 Å². The number of nitrogens with one attached hydrogen (secondary N) is 1. The molecule has 0 unspecified atom stereocenters. The highest BCUT2D eigenvalue weighted by molar-refractivity contribution is 5.91. The van der Waals surface area contributed by atoms with E-state index in [0.717, 1.165) is 37.9 Å². The molecule has 0 saturated carbocycles. The molecule has 1 aliphatic heterocycles. The van der Waals surface area contributed by atoms with Gasteiger partial charge in [-0.05, 0) is 55.6 Å². The Hall–Kier alpha value is -2.24. The molecule has 1 aliphatic carbocycles. The Labute approximate surface area is 147 Å². The first kappa shape index (κ1) is 16.2. The van der Waals surface area contributed by atoms with Gasteiger partial charge in [0.25, 0.3) is 0 Å². The Morgan fingerprint density at radius 2 is 1.88 bits per heavy atom. The molecule has 2 aliphatic rings. The Balaban J connectivity index is 1.34. The van der Waals surface area contributed by atoms with Crippen molar-refractivity contribution in [3.63, 3.8) is 0 Å². The molecule has 1 fully saturated rings. The van der Waals surface area contributed by atoms with Crippen molar-refractivity contribution in [3.05, 3.63) is 59.8 Å². The number of pyridine rings is 1. The molecule has 2 atom stereocenters. The standard InChI is InChI=1S/C20H23N3O2/c24-19-16-6-2-1-5-15(16)13-17(19)23-11-8-14(9-12-23)20(25)22-18-7-3-4-10-21-18/h1-7,10,14,17,19,24H,8-9,11-13H2,(H,21,22,25)/t17-,19-/m1/s1. The molecule has 1 amide bonds. The molecule has 25 heavy (non-hydrogen) atoms. The minimum Gasteiger partial charge on any atom is -0.387 e. The number of piperidine rings is 1. The SMILES string of the molecule is O=C(Nc1ccccn1)C1CCN([C@@H]2Cc3ccccc3[C@H]2O)CC1. The van der Waals surface area contributed by atoms with Gasteiger partial charge in [0, 0.05) is 18.2 Å². The summed E-state index contributed by atoms with van der Waals surface area (Å²) < 4.78 is 0. The van der Waals surface area contributed by atoms with Crippen LogP contribution >= 0.6 is 0 Å². The summed E-state index contributed by atoms with van der Waals surface area (Å²) >= 11 is 0. The third kappa shape index (κ3) is 3.30. The van der Waals surface area contributed by atoms with Crippen molar-refractivity contribution in [1.29, 1.82) is 0 Å². The maximum atomic E-state index is 12.4. The Bertz CT molecular complexity index is 742. The van der Waals surface area contributed by atoms with Crippen LogP contribution in [-0.4, -0.2) is 40.0 Å². The van der Waals surface area contributed by atoms with E-state index in [1.807, 2.05) is 30.3 Å². The number of carbonyl (C=O) groups is 1. The van der Waals surface area contributed by atoms with Gasteiger partial charge in [-0.2, -0.15) is 0 Å². The van der Waals surface area contributed by atoms with E-state index in [4.69, 9.17) is 0 Å². The van der Waals surface area contributed by atoms with Gasteiger partial charge < -0.3 is 10.4 Å². The molecule has 0 bridgehead atoms. The van der Waals surface area contributed by atoms with Crippen LogP contribution in [0.4, 0.5) is 5.82 Å². The molecule has 5 nitrogen and oxygen atoms in total. The van der Waals surface area contributed by atoms with Gasteiger partial charge in [-0.25, -0.2) is 4.98 Å². The number of fused-ring (bicyclic) bond motifs is 1. The lowest BCUT2D eigenvalue weighted by Gasteiger charge is -2.36. The Morgan fingerprint density at radius 3 is 2.60 bits per heavy atom. The fraction of sp³-hybridized carbons (Fsp3) is 0.400. The molecule has 1 saturated heterocycles. The molecule has 0 spiro atoms. The number of aliphatic hydroxyl groups is 1. The van der Waals surface area contributed by atoms with Crippen molar-refractivity contribution in [3.8, 4) is 0 Å². The summed E-state index contributed by atoms with van der Waals surface area (Å²) in [6, 6.07) is 13.8. The number of likely N-dealkylation sites (tertiary alicyclic amines) is 1. The van der Waals surface area contributed by atoms with Crippen LogP contribution in [0.25, 0.3) is 0 Å². The monoisotopic (exact) mass is 337 g/mol. The topological polar surface area (TPSA) is 65.5 Å². The van der Waals surface area contributed by atoms with Crippen molar-refractivity contribution < 1.29 is 9.90 Å². The predicted molar refractivity (Wildman–Crippen MR) is 96.1 cm³/mol. The fourth-order valence-electron chi connectivity index (χ4n) is 4.04. The minimum absolute atomic E-state index is 0.0131. The number of rotatable bonds is 3. The number of aliphatic hydroxyl groups excluding tert-OH is 1. The van der Waals surface area contributed by atoms with Crippen molar-refractivity contribution in [2.45, 2.75) is 31.4 Å². The summed E-state index contributed by atoms with van der Waals surface area (Å²) in [6.07, 6.45) is 3.78. The highest BCUT2D eigenvalue weighted by Gasteiger charge is 2.37. The molecule has 130 valence electrons. The van der Waals surface area contributed by atoms with Crippen molar-refractivity contribution >= 4 is 11.7 Å². The van der Waals surface area contributed by atoms with Crippen molar-refractivity contribution in [2.75, 3.05) is 18.4 Å². The molecule has 1 aromatic carbocycles. The third-order valence-electron chi connectivity index (χ3n) is 5.45. The molecule has 2 heterocycles. The lowest BCUT2D eigenvalue weighted by molar-refractivity contribution is -0.121. The first-order valence-corrected chi connectivity index (χ1v) is 8.94. The van der Waals surface area contributed by atoms with E-state index < -0.39 is 6.10 Å². The van der Waals surface area contributed by atoms with Crippen LogP contribution in [0.15, 0.2) is 48.7 Å². The first-order valence-electron chi connectivity index (χ1n) is 8.94. The summed E-state index contributed by atoms with van der Waals surface area (Å²) in [7, 11) is 0. The number of carbonyl (C=O) groups excluding carboxylic acids is 1. The van der Waals surface area contributed by atoms with Crippen LogP contribution in [0.2, 0.25) is 0 Å². The van der Waals surface area contributed by atoms with Gasteiger partial charge in [-0.3, -0.25) is 9.69 Å². The Kier molecular flexibility index (Phi) is 4.51. The van der Waals surface area contributed by atoms with Crippen molar-refractivity contribution in [1.82, 2.24) is 9.88 Å². The van der Waals surface area contributed by atoms with Crippen LogP contribution in [0.3, 0.4) is 0 Å². The minimum atomic E-state index is -0.421. The molecule has 0 radical (unpaired) electrons. The van der Waals surface area contributed by atoms with Crippen molar-refractivity contribution in [2.24, 2.45) is 5.92 Å². The van der Waals surface area contributed by atoms with E-state index in [0.29, 0.717) is 5.82 Å². The third-order valence-corrected chi connectivity index (χ3v) is 5.45. The van der Waals surface area contributed by atoms with Crippen LogP contribution < -0.4 is 5.32 Å². The zero-order chi connectivity index (χ0) is 17.2. The van der Waals surface area contributed by atoms with Gasteiger partial charge in [0.1, 0.15) is 5.82 Å². The average molecular weight is 337 g/mol. The molecular weight excluding hydrogens is 314 g/mol. The number of hydrogen-bond donors (Lipinski definition) is 2. The second kappa shape index (κ2) is 6.94. The maximum Gasteiger partial charge on any atom is 0.228 e. The van der Waals surface area contributed by atoms with Crippen LogP contribution in [0.1, 0.15) is 30.1 Å². The average Bonchev–Trinajstić information content (AvgIpc) is 3.00. The quantitative estimate of drug-likeness (QED) is 0.903. The lowest BCUT2D eigenvalue weighted by atomic mass is 9.94. The highest BCUT2D eigenvalue weighted by Crippen LogP contribution is 2.36. The van der Waals surface area contributed by atoms with E-state index in [9.17, 15) is 9.90 Å².